The van der Waals surface area contributed by atoms with Crippen LogP contribution in [-0.2, 0) is 65.5 Å². The van der Waals surface area contributed by atoms with E-state index in [0.29, 0.717) is 43.2 Å². The first-order valence-electron chi connectivity index (χ1n) is 25.2. The number of benzene rings is 4. The lowest BCUT2D eigenvalue weighted by molar-refractivity contribution is -0.143. The molecule has 2 heterocycles. The molecule has 0 bridgehead atoms. The van der Waals surface area contributed by atoms with E-state index in [2.05, 4.69) is 42.2 Å². The third kappa shape index (κ3) is 17.4. The summed E-state index contributed by atoms with van der Waals surface area (Å²) in [5.41, 5.74) is 3.06. The predicted octanol–water partition coefficient (Wildman–Crippen LogP) is 4.51. The van der Waals surface area contributed by atoms with Crippen molar-refractivity contribution < 1.29 is 52.6 Å². The minimum Gasteiger partial charge on any atom is -0.460 e. The molecule has 410 valence electrons. The van der Waals surface area contributed by atoms with Crippen molar-refractivity contribution in [2.24, 2.45) is 11.8 Å². The quantitative estimate of drug-likeness (QED) is 0.0566. The van der Waals surface area contributed by atoms with E-state index in [1.807, 2.05) is 0 Å². The SMILES string of the molecule is CC(C)[C@H]1NC(=O)[C@H](Cc2ccccc2)NC(=O)[C@@H](C(C)C)NC(=O)[C@@H](C)NC(=O)[C@H](COC(=O)/C=C/c2ccc(Cl)cc2)NC(=O)[C@@H](Cc2c[nH]c3ccccc23)NC(=O)[C@@H](COC(=O)/C=C/c2ccc(Cl)cc2)NC1=O. The average molecular weight is 1110 g/mol. The summed E-state index contributed by atoms with van der Waals surface area (Å²) < 4.78 is 11.0. The minimum absolute atomic E-state index is 0.0533. The summed E-state index contributed by atoms with van der Waals surface area (Å²) >= 11 is 12.0. The molecule has 5 aromatic rings. The molecule has 0 radical (unpaired) electrons. The number of nitrogens with one attached hydrogen (secondary N) is 8. The van der Waals surface area contributed by atoms with Gasteiger partial charge in [-0.2, -0.15) is 0 Å². The van der Waals surface area contributed by atoms with Crippen molar-refractivity contribution in [1.82, 2.24) is 42.2 Å². The number of carbonyl (C=O) groups is 9. The topological polar surface area (TPSA) is 272 Å². The lowest BCUT2D eigenvalue weighted by Crippen LogP contribution is -2.62. The molecule has 21 heteroatoms. The Morgan fingerprint density at radius 3 is 1.46 bits per heavy atom. The summed E-state index contributed by atoms with van der Waals surface area (Å²) in [7, 11) is 0. The number of aromatic amines is 1. The Hall–Kier alpha value is -8.29. The van der Waals surface area contributed by atoms with Gasteiger partial charge in [-0.05, 0) is 83.5 Å². The second kappa shape index (κ2) is 28.2. The fourth-order valence-corrected chi connectivity index (χ4v) is 8.36. The number of hydrogen-bond acceptors (Lipinski definition) is 11. The highest BCUT2D eigenvalue weighted by molar-refractivity contribution is 6.30. The monoisotopic (exact) mass is 1100 g/mol. The Bertz CT molecular complexity index is 3020. The molecule has 0 saturated carbocycles. The second-order valence-electron chi connectivity index (χ2n) is 19.2. The van der Waals surface area contributed by atoms with Crippen LogP contribution in [0.15, 0.2) is 121 Å². The number of halogens is 2. The Balaban J connectivity index is 1.39. The Kier molecular flexibility index (Phi) is 21.3. The smallest absolute Gasteiger partial charge is 0.330 e. The van der Waals surface area contributed by atoms with E-state index in [9.17, 15) is 43.2 Å². The van der Waals surface area contributed by atoms with E-state index in [4.69, 9.17) is 32.7 Å². The van der Waals surface area contributed by atoms with Crippen LogP contribution in [0.5, 0.6) is 0 Å². The molecule has 1 aromatic heterocycles. The van der Waals surface area contributed by atoms with Crippen LogP contribution in [0.3, 0.4) is 0 Å². The van der Waals surface area contributed by atoms with Crippen molar-refractivity contribution in [3.8, 4) is 0 Å². The molecule has 1 aliphatic heterocycles. The first-order chi connectivity index (χ1) is 37.2. The minimum atomic E-state index is -1.73. The zero-order valence-electron chi connectivity index (χ0n) is 43.5. The van der Waals surface area contributed by atoms with E-state index in [0.717, 1.165) is 12.2 Å². The summed E-state index contributed by atoms with van der Waals surface area (Å²) in [5, 5.41) is 20.1. The van der Waals surface area contributed by atoms with Crippen molar-refractivity contribution >= 4 is 99.5 Å². The first kappa shape index (κ1) is 59.0. The third-order valence-electron chi connectivity index (χ3n) is 12.5. The molecule has 78 heavy (non-hydrogen) atoms. The number of ether oxygens (including phenoxy) is 2. The third-order valence-corrected chi connectivity index (χ3v) is 13.0. The molecule has 7 amide bonds. The van der Waals surface area contributed by atoms with Crippen molar-refractivity contribution in [2.75, 3.05) is 13.2 Å². The predicted molar refractivity (Wildman–Crippen MR) is 294 cm³/mol. The maximum Gasteiger partial charge on any atom is 0.330 e. The Morgan fingerprint density at radius 2 is 0.923 bits per heavy atom. The van der Waals surface area contributed by atoms with Crippen LogP contribution in [0.1, 0.15) is 56.9 Å². The molecule has 0 spiro atoms. The number of hydrogen-bond donors (Lipinski definition) is 8. The van der Waals surface area contributed by atoms with Gasteiger partial charge >= 0.3 is 11.9 Å². The number of esters is 2. The largest absolute Gasteiger partial charge is 0.460 e. The molecule has 8 N–H and O–H groups in total. The van der Waals surface area contributed by atoms with Gasteiger partial charge in [0, 0.05) is 52.1 Å². The number of H-pyrrole nitrogens is 1. The summed E-state index contributed by atoms with van der Waals surface area (Å²) in [6, 6.07) is 18.6. The molecule has 19 nitrogen and oxygen atoms in total. The van der Waals surface area contributed by atoms with E-state index in [1.54, 1.807) is 137 Å². The van der Waals surface area contributed by atoms with Gasteiger partial charge in [0.25, 0.3) is 0 Å². The van der Waals surface area contributed by atoms with Crippen molar-refractivity contribution in [1.29, 1.82) is 0 Å². The van der Waals surface area contributed by atoms with Crippen LogP contribution in [0.2, 0.25) is 10.0 Å². The molecule has 4 aromatic carbocycles. The van der Waals surface area contributed by atoms with Crippen LogP contribution >= 0.6 is 23.2 Å². The van der Waals surface area contributed by atoms with Gasteiger partial charge in [0.15, 0.2) is 0 Å². The summed E-state index contributed by atoms with van der Waals surface area (Å²) in [5.74, 6) is -9.34. The zero-order chi connectivity index (χ0) is 56.5. The number of fused-ring (bicyclic) bond motifs is 1. The molecular weight excluding hydrogens is 1040 g/mol. The lowest BCUT2D eigenvalue weighted by atomic mass is 9.99. The maximum atomic E-state index is 14.8. The van der Waals surface area contributed by atoms with Gasteiger partial charge in [-0.25, -0.2) is 9.59 Å². The van der Waals surface area contributed by atoms with Gasteiger partial charge in [0.05, 0.1) is 0 Å². The highest BCUT2D eigenvalue weighted by atomic mass is 35.5. The molecule has 1 saturated heterocycles. The number of amides is 7. The second-order valence-corrected chi connectivity index (χ2v) is 20.1. The fraction of sp³-hybridized carbons (Fsp3) is 0.316. The number of carbonyl (C=O) groups excluding carboxylic acids is 9. The van der Waals surface area contributed by atoms with E-state index >= 15 is 0 Å². The van der Waals surface area contributed by atoms with Crippen molar-refractivity contribution in [3.05, 3.63) is 154 Å². The van der Waals surface area contributed by atoms with Gasteiger partial charge in [0.2, 0.25) is 41.4 Å². The zero-order valence-corrected chi connectivity index (χ0v) is 45.0. The normalized spacial score (nSPS) is 21.4. The molecular formula is C57H62Cl2N8O11. The van der Waals surface area contributed by atoms with Crippen LogP contribution in [0, 0.1) is 11.8 Å². The Labute approximate surface area is 461 Å². The summed E-state index contributed by atoms with van der Waals surface area (Å²) in [6.45, 7) is 6.37. The van der Waals surface area contributed by atoms with Gasteiger partial charge in [0.1, 0.15) is 55.5 Å². The summed E-state index contributed by atoms with van der Waals surface area (Å²) in [4.78, 5) is 130. The standard InChI is InChI=1S/C57H62Cl2N8O11/c1-32(2)49-56(75)63-43(27-37-11-7-6-8-12-37)53(72)67-50(33(3)4)57(76)65-46(31-78-48(69)26-20-36-17-23-40(59)24-18-36)55(74)62-44(28-38-29-60-42-14-10-9-13-41(38)42)52(71)64-45(54(73)61-34(5)51(70)66-49)30-77-47(68)25-19-35-15-21-39(58)22-16-35/h6-26,29,32-34,43-46,49-50,60H,27-28,30-31H2,1-5H3,(H,61,73)(H,62,74)(H,63,75)(H,64,71)(H,65,76)(H,66,70)(H,67,72)/b25-19+,26-20+/t34-,43+,44-,45+,46-,49-,50-/m1/s1. The number of rotatable bonds is 14. The van der Waals surface area contributed by atoms with Crippen LogP contribution in [0.25, 0.3) is 23.1 Å². The highest BCUT2D eigenvalue weighted by Crippen LogP contribution is 2.20. The Morgan fingerprint density at radius 1 is 0.500 bits per heavy atom. The molecule has 7 atom stereocenters. The van der Waals surface area contributed by atoms with E-state index < -0.39 is 121 Å². The van der Waals surface area contributed by atoms with Gasteiger partial charge in [-0.15, -0.1) is 0 Å². The fourth-order valence-electron chi connectivity index (χ4n) is 8.11. The van der Waals surface area contributed by atoms with E-state index in [-0.39, 0.29) is 12.8 Å². The van der Waals surface area contributed by atoms with Crippen LogP contribution < -0.4 is 37.2 Å². The summed E-state index contributed by atoms with van der Waals surface area (Å²) in [6.07, 6.45) is 6.42. The van der Waals surface area contributed by atoms with Crippen molar-refractivity contribution in [2.45, 2.75) is 89.8 Å². The highest BCUT2D eigenvalue weighted by Gasteiger charge is 2.37. The maximum absolute atomic E-state index is 14.8. The molecule has 0 aliphatic carbocycles. The van der Waals surface area contributed by atoms with E-state index in [1.165, 1.54) is 19.1 Å². The molecule has 1 aliphatic rings. The number of aromatic nitrogens is 1. The first-order valence-corrected chi connectivity index (χ1v) is 25.9. The molecule has 0 unspecified atom stereocenters. The van der Waals surface area contributed by atoms with Gasteiger partial charge in [-0.1, -0.05) is 124 Å². The molecule has 6 rings (SSSR count). The van der Waals surface area contributed by atoms with Crippen molar-refractivity contribution in [3.63, 3.8) is 0 Å². The lowest BCUT2D eigenvalue weighted by Gasteiger charge is -2.29. The van der Waals surface area contributed by atoms with Gasteiger partial charge in [-0.3, -0.25) is 33.6 Å². The van der Waals surface area contributed by atoms with Gasteiger partial charge < -0.3 is 51.7 Å². The van der Waals surface area contributed by atoms with Crippen LogP contribution in [-0.4, -0.2) is 114 Å². The number of para-hydroxylation sites is 1. The average Bonchev–Trinajstić information content (AvgIpc) is 3.83. The van der Waals surface area contributed by atoms with Crippen LogP contribution in [0.4, 0.5) is 0 Å². The molecule has 1 fully saturated rings.